The minimum atomic E-state index is -0.119. The number of nitrogens with zero attached hydrogens (tertiary/aromatic N) is 3. The fourth-order valence-corrected chi connectivity index (χ4v) is 9.17. The Kier molecular flexibility index (Phi) is 9.62. The maximum absolute atomic E-state index is 6.50. The van der Waals surface area contributed by atoms with E-state index in [-0.39, 0.29) is 5.41 Å². The van der Waals surface area contributed by atoms with E-state index < -0.39 is 0 Å². The Bertz CT molecular complexity index is 3450. The first-order chi connectivity index (χ1) is 31.4. The molecule has 2 aromatic heterocycles. The van der Waals surface area contributed by atoms with Crippen LogP contribution in [0.1, 0.15) is 25.0 Å². The van der Waals surface area contributed by atoms with Gasteiger partial charge in [-0.25, -0.2) is 15.0 Å². The van der Waals surface area contributed by atoms with Crippen LogP contribution >= 0.6 is 0 Å². The van der Waals surface area contributed by atoms with E-state index in [1.165, 1.54) is 39.0 Å². The first kappa shape index (κ1) is 38.7. The summed E-state index contributed by atoms with van der Waals surface area (Å²) in [4.78, 5) is 15.2. The summed E-state index contributed by atoms with van der Waals surface area (Å²) in [5.41, 5.74) is 17.3. The quantitative estimate of drug-likeness (QED) is 0.136. The molecule has 0 saturated heterocycles. The molecule has 4 nitrogen and oxygen atoms in total. The minimum absolute atomic E-state index is 0.119. The molecular formula is C60H43N3O. The molecular weight excluding hydrogens is 779 g/mol. The summed E-state index contributed by atoms with van der Waals surface area (Å²) < 4.78 is 6.50. The van der Waals surface area contributed by atoms with Crippen molar-refractivity contribution in [2.75, 3.05) is 0 Å². The van der Waals surface area contributed by atoms with Crippen LogP contribution in [0.4, 0.5) is 0 Å². The second-order valence-corrected chi connectivity index (χ2v) is 16.9. The molecule has 0 saturated carbocycles. The number of aromatic nitrogens is 3. The predicted molar refractivity (Wildman–Crippen MR) is 265 cm³/mol. The Hall–Kier alpha value is -8.21. The lowest BCUT2D eigenvalue weighted by atomic mass is 9.81. The molecule has 304 valence electrons. The average molecular weight is 822 g/mol. The van der Waals surface area contributed by atoms with Crippen LogP contribution in [0.15, 0.2) is 223 Å². The maximum Gasteiger partial charge on any atom is 0.164 e. The van der Waals surface area contributed by atoms with Gasteiger partial charge in [-0.2, -0.15) is 0 Å². The van der Waals surface area contributed by atoms with E-state index in [9.17, 15) is 0 Å². The van der Waals surface area contributed by atoms with Crippen molar-refractivity contribution in [3.63, 3.8) is 0 Å². The highest BCUT2D eigenvalue weighted by molar-refractivity contribution is 6.13. The molecule has 0 fully saturated rings. The third-order valence-electron chi connectivity index (χ3n) is 12.6. The van der Waals surface area contributed by atoms with Gasteiger partial charge in [-0.3, -0.25) is 0 Å². The van der Waals surface area contributed by atoms with Crippen molar-refractivity contribution >= 4 is 28.0 Å². The molecule has 11 rings (SSSR count). The number of allylic oxidation sites excluding steroid dienone is 4. The molecule has 0 spiro atoms. The van der Waals surface area contributed by atoms with Gasteiger partial charge in [0, 0.05) is 32.9 Å². The number of benzene rings is 8. The topological polar surface area (TPSA) is 51.8 Å². The molecule has 64 heavy (non-hydrogen) atoms. The number of fused-ring (bicyclic) bond motifs is 4. The van der Waals surface area contributed by atoms with Gasteiger partial charge in [0.1, 0.15) is 11.2 Å². The second kappa shape index (κ2) is 15.9. The molecule has 2 heterocycles. The van der Waals surface area contributed by atoms with Crippen LogP contribution in [0.3, 0.4) is 0 Å². The number of hydrogen-bond acceptors (Lipinski definition) is 4. The number of furan rings is 1. The first-order valence-electron chi connectivity index (χ1n) is 21.7. The van der Waals surface area contributed by atoms with Gasteiger partial charge in [0.25, 0.3) is 0 Å². The molecule has 0 atom stereocenters. The molecule has 1 aliphatic carbocycles. The average Bonchev–Trinajstić information content (AvgIpc) is 3.86. The van der Waals surface area contributed by atoms with Gasteiger partial charge in [0.05, 0.1) is 0 Å². The molecule has 0 aliphatic heterocycles. The lowest BCUT2D eigenvalue weighted by Gasteiger charge is -2.23. The Labute approximate surface area is 373 Å². The van der Waals surface area contributed by atoms with E-state index >= 15 is 0 Å². The Morgan fingerprint density at radius 2 is 1.00 bits per heavy atom. The molecule has 10 aromatic rings. The lowest BCUT2D eigenvalue weighted by Crippen LogP contribution is -2.16. The van der Waals surface area contributed by atoms with Crippen molar-refractivity contribution in [3.05, 3.63) is 230 Å². The van der Waals surface area contributed by atoms with Crippen LogP contribution in [-0.2, 0) is 5.41 Å². The molecule has 0 unspecified atom stereocenters. The van der Waals surface area contributed by atoms with E-state index in [0.717, 1.165) is 60.9 Å². The standard InChI is InChI=1S/C60H43N3O/c1-4-5-22-48-36-47-35-46(30-33-53(47)60(48,2)3)59-62-57(42-20-13-8-14-21-42)61-58(63-59)43-27-25-41(26-28-43)50-23-15-24-55-56(50)52-38-45(31-34-54(52)64-55)44-29-32-49(39-16-9-6-10-17-39)51(37-44)40-18-11-7-12-19-40/h4-38H,1H2,2-3H3/b22-5-. The van der Waals surface area contributed by atoms with Gasteiger partial charge in [0.2, 0.25) is 0 Å². The monoisotopic (exact) mass is 821 g/mol. The van der Waals surface area contributed by atoms with Crippen LogP contribution < -0.4 is 0 Å². The van der Waals surface area contributed by atoms with Crippen molar-refractivity contribution in [2.45, 2.75) is 19.3 Å². The van der Waals surface area contributed by atoms with Crippen LogP contribution in [0.2, 0.25) is 0 Å². The Balaban J connectivity index is 0.976. The summed E-state index contributed by atoms with van der Waals surface area (Å²) in [6.45, 7) is 8.39. The van der Waals surface area contributed by atoms with E-state index in [1.807, 2.05) is 42.5 Å². The van der Waals surface area contributed by atoms with Gasteiger partial charge in [0.15, 0.2) is 17.5 Å². The molecule has 0 radical (unpaired) electrons. The predicted octanol–water partition coefficient (Wildman–Crippen LogP) is 15.9. The third kappa shape index (κ3) is 6.96. The van der Waals surface area contributed by atoms with E-state index in [1.54, 1.807) is 0 Å². The summed E-state index contributed by atoms with van der Waals surface area (Å²) in [5.74, 6) is 1.88. The smallest absolute Gasteiger partial charge is 0.164 e. The molecule has 0 bridgehead atoms. The van der Waals surface area contributed by atoms with Crippen LogP contribution in [-0.4, -0.2) is 15.0 Å². The summed E-state index contributed by atoms with van der Waals surface area (Å²) in [6, 6.07) is 66.1. The Morgan fingerprint density at radius 1 is 0.453 bits per heavy atom. The van der Waals surface area contributed by atoms with E-state index in [0.29, 0.717) is 17.5 Å². The highest BCUT2D eigenvalue weighted by Gasteiger charge is 2.31. The zero-order chi connectivity index (χ0) is 43.2. The molecule has 4 heteroatoms. The number of rotatable bonds is 9. The van der Waals surface area contributed by atoms with Crippen molar-refractivity contribution in [2.24, 2.45) is 0 Å². The summed E-state index contributed by atoms with van der Waals surface area (Å²) >= 11 is 0. The fraction of sp³-hybridized carbons (Fsp3) is 0.0500. The SMILES string of the molecule is C=C/C=C\C1=Cc2cc(-c3nc(-c4ccccc4)nc(-c4ccc(-c5cccc6oc7ccc(-c8ccc(-c9ccccc9)c(-c9ccccc9)c8)cc7c56)cc4)n3)ccc2C1(C)C. The highest BCUT2D eigenvalue weighted by atomic mass is 16.3. The summed E-state index contributed by atoms with van der Waals surface area (Å²) in [7, 11) is 0. The van der Waals surface area contributed by atoms with E-state index in [2.05, 4.69) is 190 Å². The molecule has 8 aromatic carbocycles. The second-order valence-electron chi connectivity index (χ2n) is 16.9. The van der Waals surface area contributed by atoms with Gasteiger partial charge >= 0.3 is 0 Å². The van der Waals surface area contributed by atoms with Crippen LogP contribution in [0.25, 0.3) is 107 Å². The highest BCUT2D eigenvalue weighted by Crippen LogP contribution is 2.44. The number of hydrogen-bond donors (Lipinski definition) is 0. The third-order valence-corrected chi connectivity index (χ3v) is 12.6. The van der Waals surface area contributed by atoms with Gasteiger partial charge in [-0.05, 0) is 91.5 Å². The fourth-order valence-electron chi connectivity index (χ4n) is 9.17. The largest absolute Gasteiger partial charge is 0.456 e. The van der Waals surface area contributed by atoms with Crippen molar-refractivity contribution < 1.29 is 4.42 Å². The van der Waals surface area contributed by atoms with Crippen molar-refractivity contribution in [3.8, 4) is 78.7 Å². The van der Waals surface area contributed by atoms with Crippen molar-refractivity contribution in [1.29, 1.82) is 0 Å². The maximum atomic E-state index is 6.50. The minimum Gasteiger partial charge on any atom is -0.456 e. The van der Waals surface area contributed by atoms with Gasteiger partial charge in [-0.1, -0.05) is 202 Å². The first-order valence-corrected chi connectivity index (χ1v) is 21.7. The molecule has 0 amide bonds. The normalized spacial score (nSPS) is 13.1. The van der Waals surface area contributed by atoms with Crippen LogP contribution in [0.5, 0.6) is 0 Å². The van der Waals surface area contributed by atoms with Crippen LogP contribution in [0, 0.1) is 0 Å². The summed E-state index contributed by atoms with van der Waals surface area (Å²) in [5, 5.41) is 2.16. The summed E-state index contributed by atoms with van der Waals surface area (Å²) in [6.07, 6.45) is 8.22. The van der Waals surface area contributed by atoms with Gasteiger partial charge < -0.3 is 4.42 Å². The Morgan fingerprint density at radius 3 is 1.69 bits per heavy atom. The van der Waals surface area contributed by atoms with E-state index in [4.69, 9.17) is 19.4 Å². The van der Waals surface area contributed by atoms with Gasteiger partial charge in [-0.15, -0.1) is 0 Å². The molecule has 0 N–H and O–H groups in total. The molecule has 1 aliphatic rings. The zero-order valence-electron chi connectivity index (χ0n) is 35.7. The van der Waals surface area contributed by atoms with Crippen molar-refractivity contribution in [1.82, 2.24) is 15.0 Å². The lowest BCUT2D eigenvalue weighted by molar-refractivity contribution is 0.655. The zero-order valence-corrected chi connectivity index (χ0v) is 35.7.